The number of benzene rings is 2. The summed E-state index contributed by atoms with van der Waals surface area (Å²) in [5.74, 6) is 0.706. The van der Waals surface area contributed by atoms with Gasteiger partial charge in [-0.1, -0.05) is 31.0 Å². The molecular weight excluding hydrogens is 346 g/mol. The fourth-order valence-electron chi connectivity index (χ4n) is 2.78. The molecule has 0 N–H and O–H groups in total. The van der Waals surface area contributed by atoms with Gasteiger partial charge in [0.2, 0.25) is 0 Å². The van der Waals surface area contributed by atoms with Gasteiger partial charge in [-0.15, -0.1) is 0 Å². The Bertz CT molecular complexity index is 993. The zero-order valence-electron chi connectivity index (χ0n) is 13.5. The summed E-state index contributed by atoms with van der Waals surface area (Å²) < 4.78 is 32.7. The van der Waals surface area contributed by atoms with E-state index in [1.807, 2.05) is 6.07 Å². The summed E-state index contributed by atoms with van der Waals surface area (Å²) in [6.45, 7) is 2.06. The van der Waals surface area contributed by atoms with E-state index in [4.69, 9.17) is 16.3 Å². The summed E-state index contributed by atoms with van der Waals surface area (Å²) in [6, 6.07) is 11.7. The molecule has 0 bridgehead atoms. The number of rotatable bonds is 5. The molecule has 0 fully saturated rings. The fourth-order valence-corrected chi connectivity index (χ4v) is 4.47. The van der Waals surface area contributed by atoms with Crippen molar-refractivity contribution >= 4 is 32.5 Å². The van der Waals surface area contributed by atoms with Crippen LogP contribution in [-0.4, -0.2) is 19.5 Å². The molecule has 2 aromatic carbocycles. The molecule has 4 nitrogen and oxygen atoms in total. The highest BCUT2D eigenvalue weighted by Crippen LogP contribution is 2.30. The first kappa shape index (κ1) is 16.9. The Balaban J connectivity index is 2.26. The van der Waals surface area contributed by atoms with E-state index in [9.17, 15) is 8.42 Å². The summed E-state index contributed by atoms with van der Waals surface area (Å²) >= 11 is 5.96. The number of nitrogens with zero attached hydrogens (tertiary/aromatic N) is 1. The number of fused-ring (bicyclic) bond motifs is 1. The molecule has 126 valence electrons. The molecule has 0 aliphatic carbocycles. The van der Waals surface area contributed by atoms with Gasteiger partial charge in [0, 0.05) is 16.6 Å². The third-order valence-corrected chi connectivity index (χ3v) is 5.84. The zero-order chi connectivity index (χ0) is 17.3. The first-order chi connectivity index (χ1) is 11.5. The van der Waals surface area contributed by atoms with Gasteiger partial charge in [-0.3, -0.25) is 0 Å². The van der Waals surface area contributed by atoms with Gasteiger partial charge in [0.1, 0.15) is 5.75 Å². The van der Waals surface area contributed by atoms with E-state index in [0.29, 0.717) is 16.3 Å². The average molecular weight is 364 g/mol. The highest BCUT2D eigenvalue weighted by atomic mass is 35.5. The van der Waals surface area contributed by atoms with Gasteiger partial charge < -0.3 is 4.74 Å². The smallest absolute Gasteiger partial charge is 0.268 e. The SMILES string of the molecule is CCCc1cn(S(=O)(=O)c2cccc(Cl)c2)c2ccc(OC)cc12. The predicted octanol–water partition coefficient (Wildman–Crippen LogP) is 4.49. The standard InChI is InChI=1S/C18H18ClNO3S/c1-3-5-13-12-20(18-9-8-15(23-2)11-17(13)18)24(21,22)16-7-4-6-14(19)10-16/h4,6-12H,3,5H2,1-2H3. The number of aromatic nitrogens is 1. The van der Waals surface area contributed by atoms with Crippen LogP contribution in [0, 0.1) is 0 Å². The van der Waals surface area contributed by atoms with Crippen LogP contribution in [0.4, 0.5) is 0 Å². The Morgan fingerprint density at radius 1 is 1.17 bits per heavy atom. The Labute approximate surface area is 146 Å². The van der Waals surface area contributed by atoms with Crippen LogP contribution in [-0.2, 0) is 16.4 Å². The van der Waals surface area contributed by atoms with Crippen molar-refractivity contribution in [3.63, 3.8) is 0 Å². The van der Waals surface area contributed by atoms with Crippen molar-refractivity contribution in [1.29, 1.82) is 0 Å². The quantitative estimate of drug-likeness (QED) is 0.670. The van der Waals surface area contributed by atoms with Crippen LogP contribution in [0.2, 0.25) is 5.02 Å². The maximum Gasteiger partial charge on any atom is 0.268 e. The molecule has 0 saturated carbocycles. The molecule has 3 aromatic rings. The summed E-state index contributed by atoms with van der Waals surface area (Å²) in [5, 5.41) is 1.28. The van der Waals surface area contributed by atoms with Crippen LogP contribution in [0.25, 0.3) is 10.9 Å². The third-order valence-electron chi connectivity index (χ3n) is 3.93. The van der Waals surface area contributed by atoms with E-state index < -0.39 is 10.0 Å². The van der Waals surface area contributed by atoms with Crippen molar-refractivity contribution < 1.29 is 13.2 Å². The van der Waals surface area contributed by atoms with Crippen molar-refractivity contribution in [3.8, 4) is 5.75 Å². The number of halogens is 1. The molecule has 3 rings (SSSR count). The molecule has 0 atom stereocenters. The van der Waals surface area contributed by atoms with E-state index in [1.165, 1.54) is 10.0 Å². The Kier molecular flexibility index (Phi) is 4.56. The van der Waals surface area contributed by atoms with Crippen molar-refractivity contribution in [2.24, 2.45) is 0 Å². The van der Waals surface area contributed by atoms with Gasteiger partial charge in [0.25, 0.3) is 10.0 Å². The molecule has 1 heterocycles. The van der Waals surface area contributed by atoms with Crippen LogP contribution >= 0.6 is 11.6 Å². The molecule has 0 radical (unpaired) electrons. The van der Waals surface area contributed by atoms with Gasteiger partial charge in [-0.25, -0.2) is 12.4 Å². The van der Waals surface area contributed by atoms with E-state index in [2.05, 4.69) is 6.92 Å². The Morgan fingerprint density at radius 3 is 2.62 bits per heavy atom. The fraction of sp³-hybridized carbons (Fsp3) is 0.222. The highest BCUT2D eigenvalue weighted by Gasteiger charge is 2.21. The molecule has 0 saturated heterocycles. The second-order valence-electron chi connectivity index (χ2n) is 5.55. The van der Waals surface area contributed by atoms with Crippen molar-refractivity contribution in [1.82, 2.24) is 3.97 Å². The van der Waals surface area contributed by atoms with Crippen LogP contribution < -0.4 is 4.74 Å². The van der Waals surface area contributed by atoms with Gasteiger partial charge >= 0.3 is 0 Å². The molecule has 6 heteroatoms. The molecule has 0 aliphatic rings. The maximum absolute atomic E-state index is 13.0. The first-order valence-electron chi connectivity index (χ1n) is 7.66. The van der Waals surface area contributed by atoms with E-state index in [-0.39, 0.29) is 4.90 Å². The lowest BCUT2D eigenvalue weighted by Gasteiger charge is -2.08. The van der Waals surface area contributed by atoms with Gasteiger partial charge in [0.05, 0.1) is 17.5 Å². The molecule has 0 spiro atoms. The second kappa shape index (κ2) is 6.49. The van der Waals surface area contributed by atoms with Gasteiger partial charge in [-0.2, -0.15) is 0 Å². The Hall–Kier alpha value is -1.98. The lowest BCUT2D eigenvalue weighted by atomic mass is 10.1. The van der Waals surface area contributed by atoms with Crippen LogP contribution in [0.3, 0.4) is 0 Å². The van der Waals surface area contributed by atoms with E-state index >= 15 is 0 Å². The van der Waals surface area contributed by atoms with E-state index in [0.717, 1.165) is 23.8 Å². The molecule has 0 amide bonds. The minimum absolute atomic E-state index is 0.172. The largest absolute Gasteiger partial charge is 0.497 e. The number of hydrogen-bond donors (Lipinski definition) is 0. The molecular formula is C18H18ClNO3S. The number of ether oxygens (including phenoxy) is 1. The number of aryl methyl sites for hydroxylation is 1. The minimum atomic E-state index is -3.71. The van der Waals surface area contributed by atoms with Crippen LogP contribution in [0.5, 0.6) is 5.75 Å². The monoisotopic (exact) mass is 363 g/mol. The summed E-state index contributed by atoms with van der Waals surface area (Å²) in [7, 11) is -2.12. The van der Waals surface area contributed by atoms with Crippen molar-refractivity contribution in [2.75, 3.05) is 7.11 Å². The van der Waals surface area contributed by atoms with Crippen LogP contribution in [0.1, 0.15) is 18.9 Å². The topological polar surface area (TPSA) is 48.3 Å². The van der Waals surface area contributed by atoms with E-state index in [1.54, 1.807) is 43.6 Å². The summed E-state index contributed by atoms with van der Waals surface area (Å²) in [4.78, 5) is 0.172. The summed E-state index contributed by atoms with van der Waals surface area (Å²) in [6.07, 6.45) is 3.42. The van der Waals surface area contributed by atoms with Crippen molar-refractivity contribution in [2.45, 2.75) is 24.7 Å². The average Bonchev–Trinajstić information content (AvgIpc) is 2.94. The lowest BCUT2D eigenvalue weighted by molar-refractivity contribution is 0.415. The summed E-state index contributed by atoms with van der Waals surface area (Å²) in [5.41, 5.74) is 1.62. The third kappa shape index (κ3) is 2.89. The van der Waals surface area contributed by atoms with Crippen molar-refractivity contribution in [3.05, 3.63) is 59.2 Å². The molecule has 0 unspecified atom stereocenters. The lowest BCUT2D eigenvalue weighted by Crippen LogP contribution is -2.11. The Morgan fingerprint density at radius 2 is 1.96 bits per heavy atom. The molecule has 24 heavy (non-hydrogen) atoms. The van der Waals surface area contributed by atoms with Crippen LogP contribution in [0.15, 0.2) is 53.6 Å². The normalized spacial score (nSPS) is 11.8. The second-order valence-corrected chi connectivity index (χ2v) is 7.80. The zero-order valence-corrected chi connectivity index (χ0v) is 15.1. The number of hydrogen-bond acceptors (Lipinski definition) is 3. The maximum atomic E-state index is 13.0. The highest BCUT2D eigenvalue weighted by molar-refractivity contribution is 7.90. The first-order valence-corrected chi connectivity index (χ1v) is 9.48. The molecule has 1 aromatic heterocycles. The van der Waals surface area contributed by atoms with Gasteiger partial charge in [0.15, 0.2) is 0 Å². The predicted molar refractivity (Wildman–Crippen MR) is 96.5 cm³/mol. The molecule has 0 aliphatic heterocycles. The van der Waals surface area contributed by atoms with Gasteiger partial charge in [-0.05, 0) is 48.4 Å². The minimum Gasteiger partial charge on any atom is -0.497 e. The number of methoxy groups -OCH3 is 1.